The number of rotatable bonds is 2. The molecule has 0 aliphatic carbocycles. The summed E-state index contributed by atoms with van der Waals surface area (Å²) in [5.41, 5.74) is 3.09. The van der Waals surface area contributed by atoms with Crippen molar-refractivity contribution in [3.8, 4) is 0 Å². The predicted octanol–water partition coefficient (Wildman–Crippen LogP) is 2.57. The zero-order valence-corrected chi connectivity index (χ0v) is 9.24. The van der Waals surface area contributed by atoms with Crippen LogP contribution in [-0.4, -0.2) is 15.3 Å². The van der Waals surface area contributed by atoms with Crippen molar-refractivity contribution in [2.75, 3.05) is 0 Å². The average Bonchev–Trinajstić information content (AvgIpc) is 2.57. The van der Waals surface area contributed by atoms with Crippen molar-refractivity contribution in [1.29, 1.82) is 0 Å². The number of fused-ring (bicyclic) bond motifs is 1. The van der Waals surface area contributed by atoms with Crippen LogP contribution in [0.15, 0.2) is 18.2 Å². The molecule has 0 spiro atoms. The molecule has 0 aliphatic rings. The maximum atomic E-state index is 11.4. The van der Waals surface area contributed by atoms with Crippen molar-refractivity contribution in [3.63, 3.8) is 0 Å². The number of ketones is 1. The fourth-order valence-electron chi connectivity index (χ4n) is 1.88. The second-order valence-electron chi connectivity index (χ2n) is 3.68. The average molecular weight is 202 g/mol. The highest BCUT2D eigenvalue weighted by Crippen LogP contribution is 2.19. The summed E-state index contributed by atoms with van der Waals surface area (Å²) in [7, 11) is 0. The summed E-state index contributed by atoms with van der Waals surface area (Å²) in [4.78, 5) is 15.8. The molecule has 3 heteroatoms. The van der Waals surface area contributed by atoms with E-state index in [0.717, 1.165) is 23.1 Å². The van der Waals surface area contributed by atoms with Gasteiger partial charge >= 0.3 is 0 Å². The van der Waals surface area contributed by atoms with E-state index in [1.165, 1.54) is 0 Å². The molecule has 1 aromatic heterocycles. The molecule has 1 heterocycles. The third kappa shape index (κ3) is 1.44. The zero-order chi connectivity index (χ0) is 11.0. The Morgan fingerprint density at radius 1 is 1.47 bits per heavy atom. The number of para-hydroxylation sites is 1. The molecule has 0 fully saturated rings. The second kappa shape index (κ2) is 3.50. The monoisotopic (exact) mass is 202 g/mol. The third-order valence-corrected chi connectivity index (χ3v) is 2.61. The van der Waals surface area contributed by atoms with Crippen LogP contribution in [-0.2, 0) is 6.54 Å². The molecule has 2 aromatic rings. The first-order chi connectivity index (χ1) is 7.15. The van der Waals surface area contributed by atoms with Gasteiger partial charge in [-0.15, -0.1) is 0 Å². The van der Waals surface area contributed by atoms with Crippen molar-refractivity contribution in [2.24, 2.45) is 0 Å². The Kier molecular flexibility index (Phi) is 2.31. The molecule has 0 saturated heterocycles. The Labute approximate surface area is 88.7 Å². The quantitative estimate of drug-likeness (QED) is 0.701. The van der Waals surface area contributed by atoms with Crippen LogP contribution in [0.3, 0.4) is 0 Å². The second-order valence-corrected chi connectivity index (χ2v) is 3.68. The van der Waals surface area contributed by atoms with Crippen LogP contribution in [0, 0.1) is 6.92 Å². The zero-order valence-electron chi connectivity index (χ0n) is 9.24. The van der Waals surface area contributed by atoms with E-state index in [1.54, 1.807) is 6.92 Å². The van der Waals surface area contributed by atoms with Crippen molar-refractivity contribution >= 4 is 16.8 Å². The van der Waals surface area contributed by atoms with Gasteiger partial charge in [-0.05, 0) is 25.5 Å². The summed E-state index contributed by atoms with van der Waals surface area (Å²) in [5.74, 6) is 0.578. The molecule has 0 radical (unpaired) electrons. The van der Waals surface area contributed by atoms with Gasteiger partial charge in [-0.3, -0.25) is 4.79 Å². The summed E-state index contributed by atoms with van der Waals surface area (Å²) >= 11 is 0. The molecule has 0 amide bonds. The number of benzene rings is 1. The number of aryl methyl sites for hydroxylation is 2. The molecule has 78 valence electrons. The molecule has 0 aliphatic heterocycles. The molecular weight excluding hydrogens is 188 g/mol. The molecule has 15 heavy (non-hydrogen) atoms. The van der Waals surface area contributed by atoms with Crippen LogP contribution in [0.2, 0.25) is 0 Å². The van der Waals surface area contributed by atoms with E-state index in [9.17, 15) is 4.79 Å². The lowest BCUT2D eigenvalue weighted by Gasteiger charge is -2.02. The van der Waals surface area contributed by atoms with Gasteiger partial charge in [0.1, 0.15) is 0 Å². The molecule has 0 atom stereocenters. The molecule has 0 unspecified atom stereocenters. The molecule has 2 rings (SSSR count). The van der Waals surface area contributed by atoms with Gasteiger partial charge in [0.2, 0.25) is 0 Å². The lowest BCUT2D eigenvalue weighted by Crippen LogP contribution is -2.05. The van der Waals surface area contributed by atoms with Crippen LogP contribution in [0.4, 0.5) is 0 Å². The molecule has 0 bridgehead atoms. The lowest BCUT2D eigenvalue weighted by molar-refractivity contribution is 0.1000. The van der Waals surface area contributed by atoms with E-state index in [2.05, 4.69) is 4.98 Å². The standard InChI is InChI=1S/C12H14N2O/c1-4-14-10-7-5-6-8(2)11(10)13-12(14)9(3)15/h5-7H,4H2,1-3H3. The van der Waals surface area contributed by atoms with Crippen molar-refractivity contribution in [3.05, 3.63) is 29.6 Å². The summed E-state index contributed by atoms with van der Waals surface area (Å²) in [6, 6.07) is 6.01. The number of nitrogens with zero attached hydrogens (tertiary/aromatic N) is 2. The maximum absolute atomic E-state index is 11.4. The molecule has 0 saturated carbocycles. The Morgan fingerprint density at radius 2 is 2.20 bits per heavy atom. The van der Waals surface area contributed by atoms with E-state index in [1.807, 2.05) is 36.6 Å². The number of imidazole rings is 1. The highest BCUT2D eigenvalue weighted by molar-refractivity contribution is 5.95. The number of hydrogen-bond acceptors (Lipinski definition) is 2. The number of carbonyl (C=O) groups excluding carboxylic acids is 1. The van der Waals surface area contributed by atoms with Gasteiger partial charge in [0.05, 0.1) is 11.0 Å². The summed E-state index contributed by atoms with van der Waals surface area (Å²) in [5, 5.41) is 0. The molecular formula is C12H14N2O. The van der Waals surface area contributed by atoms with Gasteiger partial charge in [-0.25, -0.2) is 4.98 Å². The number of carbonyl (C=O) groups is 1. The first kappa shape index (κ1) is 9.90. The highest BCUT2D eigenvalue weighted by atomic mass is 16.1. The van der Waals surface area contributed by atoms with Gasteiger partial charge in [-0.1, -0.05) is 12.1 Å². The maximum Gasteiger partial charge on any atom is 0.195 e. The van der Waals surface area contributed by atoms with Crippen LogP contribution >= 0.6 is 0 Å². The summed E-state index contributed by atoms with van der Waals surface area (Å²) in [6.45, 7) is 6.37. The minimum absolute atomic E-state index is 0.0208. The van der Waals surface area contributed by atoms with Crippen molar-refractivity contribution in [2.45, 2.75) is 27.3 Å². The number of aromatic nitrogens is 2. The Hall–Kier alpha value is -1.64. The smallest absolute Gasteiger partial charge is 0.195 e. The van der Waals surface area contributed by atoms with E-state index in [-0.39, 0.29) is 5.78 Å². The third-order valence-electron chi connectivity index (χ3n) is 2.61. The minimum atomic E-state index is 0.0208. The van der Waals surface area contributed by atoms with Crippen LogP contribution in [0.5, 0.6) is 0 Å². The lowest BCUT2D eigenvalue weighted by atomic mass is 10.2. The van der Waals surface area contributed by atoms with Crippen molar-refractivity contribution in [1.82, 2.24) is 9.55 Å². The highest BCUT2D eigenvalue weighted by Gasteiger charge is 2.13. The number of Topliss-reactive ketones (excluding diaryl/α,β-unsaturated/α-hetero) is 1. The molecule has 1 aromatic carbocycles. The largest absolute Gasteiger partial charge is 0.322 e. The van der Waals surface area contributed by atoms with E-state index in [0.29, 0.717) is 5.82 Å². The van der Waals surface area contributed by atoms with Crippen LogP contribution < -0.4 is 0 Å². The first-order valence-electron chi connectivity index (χ1n) is 5.12. The predicted molar refractivity (Wildman–Crippen MR) is 60.1 cm³/mol. The van der Waals surface area contributed by atoms with Gasteiger partial charge in [0, 0.05) is 13.5 Å². The van der Waals surface area contributed by atoms with Gasteiger partial charge in [0.25, 0.3) is 0 Å². The van der Waals surface area contributed by atoms with Crippen LogP contribution in [0.25, 0.3) is 11.0 Å². The summed E-state index contributed by atoms with van der Waals surface area (Å²) < 4.78 is 1.96. The topological polar surface area (TPSA) is 34.9 Å². The molecule has 3 nitrogen and oxygen atoms in total. The molecule has 0 N–H and O–H groups in total. The SMILES string of the molecule is CCn1c(C(C)=O)nc2c(C)cccc21. The van der Waals surface area contributed by atoms with Gasteiger partial charge in [-0.2, -0.15) is 0 Å². The van der Waals surface area contributed by atoms with E-state index < -0.39 is 0 Å². The first-order valence-corrected chi connectivity index (χ1v) is 5.12. The fourth-order valence-corrected chi connectivity index (χ4v) is 1.88. The minimum Gasteiger partial charge on any atom is -0.322 e. The number of hydrogen-bond donors (Lipinski definition) is 0. The summed E-state index contributed by atoms with van der Waals surface area (Å²) in [6.07, 6.45) is 0. The fraction of sp³-hybridized carbons (Fsp3) is 0.333. The van der Waals surface area contributed by atoms with Crippen LogP contribution in [0.1, 0.15) is 30.0 Å². The van der Waals surface area contributed by atoms with Gasteiger partial charge in [0.15, 0.2) is 11.6 Å². The Bertz CT molecular complexity index is 526. The van der Waals surface area contributed by atoms with Gasteiger partial charge < -0.3 is 4.57 Å². The normalized spacial score (nSPS) is 10.9. The van der Waals surface area contributed by atoms with E-state index >= 15 is 0 Å². The Balaban J connectivity index is 2.84. The van der Waals surface area contributed by atoms with Crippen molar-refractivity contribution < 1.29 is 4.79 Å². The van der Waals surface area contributed by atoms with E-state index in [4.69, 9.17) is 0 Å². The Morgan fingerprint density at radius 3 is 2.80 bits per heavy atom.